The smallest absolute Gasteiger partial charge is 0.267 e. The van der Waals surface area contributed by atoms with Gasteiger partial charge in [-0.1, -0.05) is 0 Å². The molecule has 1 saturated heterocycles. The Morgan fingerprint density at radius 3 is 3.06 bits per heavy atom. The fraction of sp³-hybridized carbons (Fsp3) is 0.615. The number of hydrogen-bond donors (Lipinski definition) is 1. The first-order valence-corrected chi connectivity index (χ1v) is 8.10. The van der Waals surface area contributed by atoms with E-state index in [1.54, 1.807) is 0 Å². The molecule has 0 radical (unpaired) electrons. The van der Waals surface area contributed by atoms with Crippen molar-refractivity contribution in [3.63, 3.8) is 0 Å². The second-order valence-electron chi connectivity index (χ2n) is 4.91. The predicted molar refractivity (Wildman–Crippen MR) is 80.2 cm³/mol. The molecule has 0 aromatic carbocycles. The van der Waals surface area contributed by atoms with Crippen molar-refractivity contribution in [1.82, 2.24) is 9.88 Å². The van der Waals surface area contributed by atoms with Gasteiger partial charge in [0.25, 0.3) is 5.91 Å². The maximum Gasteiger partial charge on any atom is 0.267 e. The van der Waals surface area contributed by atoms with E-state index in [4.69, 9.17) is 0 Å². The summed E-state index contributed by atoms with van der Waals surface area (Å²) < 4.78 is 3.14. The van der Waals surface area contributed by atoms with Crippen molar-refractivity contribution in [3.05, 3.63) is 22.4 Å². The van der Waals surface area contributed by atoms with Crippen LogP contribution < -0.4 is 5.32 Å². The zero-order valence-corrected chi connectivity index (χ0v) is 13.2. The third-order valence-corrected chi connectivity index (χ3v) is 5.33. The van der Waals surface area contributed by atoms with E-state index in [0.717, 1.165) is 23.3 Å². The van der Waals surface area contributed by atoms with Crippen molar-refractivity contribution in [2.24, 2.45) is 0 Å². The van der Waals surface area contributed by atoms with E-state index in [9.17, 15) is 4.79 Å². The fourth-order valence-corrected chi connectivity index (χ4v) is 3.97. The lowest BCUT2D eigenvalue weighted by atomic mass is 10.1. The van der Waals surface area contributed by atoms with Gasteiger partial charge in [-0.05, 0) is 54.4 Å². The zero-order chi connectivity index (χ0) is 13.2. The number of nitrogens with one attached hydrogen (secondary N) is 1. The summed E-state index contributed by atoms with van der Waals surface area (Å²) in [5.74, 6) is 1.24. The van der Waals surface area contributed by atoms with Gasteiger partial charge < -0.3 is 9.88 Å². The predicted octanol–water partition coefficient (Wildman–Crippen LogP) is 3.29. The Balaban J connectivity index is 1.99. The van der Waals surface area contributed by atoms with Crippen molar-refractivity contribution >= 4 is 33.6 Å². The minimum Gasteiger partial charge on any atom is -0.349 e. The average molecular weight is 331 g/mol. The molecule has 1 atom stereocenters. The fourth-order valence-electron chi connectivity index (χ4n) is 2.26. The van der Waals surface area contributed by atoms with E-state index < -0.39 is 0 Å². The molecular formula is C13H19BrN2OS. The summed E-state index contributed by atoms with van der Waals surface area (Å²) in [6.07, 6.45) is 4.39. The summed E-state index contributed by atoms with van der Waals surface area (Å²) >= 11 is 5.38. The molecule has 100 valence electrons. The average Bonchev–Trinajstić information content (AvgIpc) is 2.93. The summed E-state index contributed by atoms with van der Waals surface area (Å²) in [7, 11) is 0. The van der Waals surface area contributed by atoms with Crippen LogP contribution in [0.15, 0.2) is 16.7 Å². The number of hydrogen-bond acceptors (Lipinski definition) is 2. The highest BCUT2D eigenvalue weighted by Gasteiger charge is 2.30. The van der Waals surface area contributed by atoms with Crippen LogP contribution in [0, 0.1) is 0 Å². The van der Waals surface area contributed by atoms with Crippen molar-refractivity contribution < 1.29 is 4.79 Å². The lowest BCUT2D eigenvalue weighted by Gasteiger charge is -2.22. The van der Waals surface area contributed by atoms with Crippen LogP contribution in [0.25, 0.3) is 0 Å². The van der Waals surface area contributed by atoms with Crippen molar-refractivity contribution in [1.29, 1.82) is 0 Å². The largest absolute Gasteiger partial charge is 0.349 e. The lowest BCUT2D eigenvalue weighted by Crippen LogP contribution is -2.37. The summed E-state index contributed by atoms with van der Waals surface area (Å²) in [6.45, 7) is 5.83. The van der Waals surface area contributed by atoms with E-state index in [2.05, 4.69) is 28.2 Å². The van der Waals surface area contributed by atoms with Gasteiger partial charge in [0.15, 0.2) is 0 Å². The molecule has 1 fully saturated rings. The number of rotatable bonds is 4. The maximum atomic E-state index is 12.2. The van der Waals surface area contributed by atoms with Crippen LogP contribution in [0.4, 0.5) is 0 Å². The van der Waals surface area contributed by atoms with Gasteiger partial charge in [0.05, 0.1) is 0 Å². The normalized spacial score (nSPS) is 23.3. The topological polar surface area (TPSA) is 34.0 Å². The molecule has 1 aliphatic heterocycles. The number of nitrogens with zero attached hydrogens (tertiary/aromatic N) is 1. The minimum absolute atomic E-state index is 0.0243. The molecule has 1 amide bonds. The Kier molecular flexibility index (Phi) is 4.43. The molecule has 1 aliphatic rings. The number of carbonyl (C=O) groups is 1. The van der Waals surface area contributed by atoms with Crippen LogP contribution in [0.5, 0.6) is 0 Å². The van der Waals surface area contributed by atoms with Gasteiger partial charge in [0.2, 0.25) is 0 Å². The second-order valence-corrected chi connectivity index (χ2v) is 7.51. The van der Waals surface area contributed by atoms with E-state index in [1.165, 1.54) is 18.6 Å². The summed E-state index contributed by atoms with van der Waals surface area (Å²) in [5.41, 5.74) is 0.732. The number of aryl methyl sites for hydroxylation is 1. The molecule has 0 saturated carbocycles. The van der Waals surface area contributed by atoms with Gasteiger partial charge in [-0.2, -0.15) is 11.8 Å². The quantitative estimate of drug-likeness (QED) is 0.919. The molecule has 1 aromatic rings. The molecule has 18 heavy (non-hydrogen) atoms. The van der Waals surface area contributed by atoms with Crippen LogP contribution in [-0.4, -0.2) is 27.5 Å². The van der Waals surface area contributed by atoms with Gasteiger partial charge in [-0.15, -0.1) is 0 Å². The van der Waals surface area contributed by atoms with E-state index >= 15 is 0 Å². The molecule has 0 bridgehead atoms. The molecule has 2 rings (SSSR count). The first-order valence-electron chi connectivity index (χ1n) is 6.32. The molecule has 1 N–H and O–H groups in total. The highest BCUT2D eigenvalue weighted by atomic mass is 79.9. The lowest BCUT2D eigenvalue weighted by molar-refractivity contribution is 0.0941. The summed E-state index contributed by atoms with van der Waals surface area (Å²) in [5, 5.41) is 3.07. The summed E-state index contributed by atoms with van der Waals surface area (Å²) in [6, 6.07) is 1.88. The number of thioether (sulfide) groups is 1. The number of aromatic nitrogens is 1. The van der Waals surface area contributed by atoms with Crippen LogP contribution in [-0.2, 0) is 6.54 Å². The van der Waals surface area contributed by atoms with Gasteiger partial charge in [-0.25, -0.2) is 0 Å². The van der Waals surface area contributed by atoms with Crippen LogP contribution >= 0.6 is 27.7 Å². The van der Waals surface area contributed by atoms with Gasteiger partial charge in [0, 0.05) is 28.5 Å². The number of carbonyl (C=O) groups excluding carboxylic acids is 1. The van der Waals surface area contributed by atoms with E-state index in [0.29, 0.717) is 0 Å². The van der Waals surface area contributed by atoms with Crippen LogP contribution in [0.1, 0.15) is 37.2 Å². The number of amides is 1. The van der Waals surface area contributed by atoms with Crippen LogP contribution in [0.2, 0.25) is 0 Å². The van der Waals surface area contributed by atoms with Crippen molar-refractivity contribution in [2.45, 2.75) is 38.0 Å². The molecule has 3 nitrogen and oxygen atoms in total. The maximum absolute atomic E-state index is 12.2. The molecule has 0 spiro atoms. The Morgan fingerprint density at radius 1 is 1.67 bits per heavy atom. The Bertz CT molecular complexity index is 438. The van der Waals surface area contributed by atoms with E-state index in [1.807, 2.05) is 35.5 Å². The SMILES string of the molecule is CCn1cc(Br)cc1C(=O)NCC1(C)CCCS1. The highest BCUT2D eigenvalue weighted by molar-refractivity contribution is 9.10. The third-order valence-electron chi connectivity index (χ3n) is 3.36. The Morgan fingerprint density at radius 2 is 2.44 bits per heavy atom. The van der Waals surface area contributed by atoms with Crippen LogP contribution in [0.3, 0.4) is 0 Å². The van der Waals surface area contributed by atoms with Gasteiger partial charge >= 0.3 is 0 Å². The molecule has 1 unspecified atom stereocenters. The first-order chi connectivity index (χ1) is 8.54. The zero-order valence-electron chi connectivity index (χ0n) is 10.8. The highest BCUT2D eigenvalue weighted by Crippen LogP contribution is 2.37. The van der Waals surface area contributed by atoms with Crippen molar-refractivity contribution in [3.8, 4) is 0 Å². The first kappa shape index (κ1) is 14.0. The molecule has 0 aliphatic carbocycles. The molecule has 2 heterocycles. The second kappa shape index (κ2) is 5.70. The standard InChI is InChI=1S/C13H19BrN2OS/c1-3-16-8-10(14)7-11(16)12(17)15-9-13(2)5-4-6-18-13/h7-8H,3-6,9H2,1-2H3,(H,15,17). The van der Waals surface area contributed by atoms with E-state index in [-0.39, 0.29) is 10.7 Å². The number of halogens is 1. The molecule has 5 heteroatoms. The third kappa shape index (κ3) is 3.12. The Hall–Kier alpha value is -0.420. The Labute approximate surface area is 121 Å². The monoisotopic (exact) mass is 330 g/mol. The minimum atomic E-state index is 0.0243. The molecule has 1 aromatic heterocycles. The van der Waals surface area contributed by atoms with Gasteiger partial charge in [0.1, 0.15) is 5.69 Å². The summed E-state index contributed by atoms with van der Waals surface area (Å²) in [4.78, 5) is 12.2. The van der Waals surface area contributed by atoms with Crippen molar-refractivity contribution in [2.75, 3.05) is 12.3 Å². The molecular weight excluding hydrogens is 312 g/mol. The van der Waals surface area contributed by atoms with Gasteiger partial charge in [-0.3, -0.25) is 4.79 Å².